The van der Waals surface area contributed by atoms with Gasteiger partial charge < -0.3 is 4.42 Å². The second kappa shape index (κ2) is 3.31. The summed E-state index contributed by atoms with van der Waals surface area (Å²) in [5.41, 5.74) is 1.14. The van der Waals surface area contributed by atoms with E-state index >= 15 is 0 Å². The van der Waals surface area contributed by atoms with Crippen LogP contribution in [0.2, 0.25) is 0 Å². The first-order valence-electron chi connectivity index (χ1n) is 5.23. The molecule has 4 nitrogen and oxygen atoms in total. The Morgan fingerprint density at radius 2 is 1.82 bits per heavy atom. The number of aryl methyl sites for hydroxylation is 1. The van der Waals surface area contributed by atoms with E-state index in [1.807, 2.05) is 36.4 Å². The van der Waals surface area contributed by atoms with E-state index in [1.54, 1.807) is 6.92 Å². The summed E-state index contributed by atoms with van der Waals surface area (Å²) in [5, 5.41) is 13.7. The Morgan fingerprint density at radius 3 is 2.47 bits per heavy atom. The molecule has 0 atom stereocenters. The minimum atomic E-state index is -0.486. The van der Waals surface area contributed by atoms with Gasteiger partial charge in [-0.15, -0.1) is 0 Å². The maximum atomic E-state index is 10.8. The third kappa shape index (κ3) is 1.38. The number of nitrogens with zero attached hydrogens (tertiary/aromatic N) is 1. The van der Waals surface area contributed by atoms with Crippen molar-refractivity contribution >= 4 is 27.6 Å². The Labute approximate surface area is 96.6 Å². The predicted molar refractivity (Wildman–Crippen MR) is 65.1 cm³/mol. The molecular formula is C13H9NO3. The summed E-state index contributed by atoms with van der Waals surface area (Å²) in [4.78, 5) is 10.3. The fraction of sp³-hybridized carbons (Fsp3) is 0.0769. The standard InChI is InChI=1S/C13H9NO3/c1-8-11-6-9-4-2-3-5-10(9)7-12(11)17-13(8)14(15)16/h2-7H,1H3. The van der Waals surface area contributed by atoms with Crippen LogP contribution >= 0.6 is 0 Å². The van der Waals surface area contributed by atoms with E-state index in [2.05, 4.69) is 0 Å². The lowest BCUT2D eigenvalue weighted by atomic mass is 10.1. The highest BCUT2D eigenvalue weighted by molar-refractivity contribution is 5.98. The summed E-state index contributed by atoms with van der Waals surface area (Å²) in [5.74, 6) is -0.171. The Morgan fingerprint density at radius 1 is 1.18 bits per heavy atom. The highest BCUT2D eigenvalue weighted by Crippen LogP contribution is 2.33. The molecule has 0 aliphatic heterocycles. The van der Waals surface area contributed by atoms with Crippen molar-refractivity contribution < 1.29 is 9.34 Å². The molecule has 3 aromatic rings. The number of nitro groups is 1. The van der Waals surface area contributed by atoms with Crippen LogP contribution < -0.4 is 0 Å². The third-order valence-electron chi connectivity index (χ3n) is 2.95. The van der Waals surface area contributed by atoms with Crippen molar-refractivity contribution in [3.63, 3.8) is 0 Å². The van der Waals surface area contributed by atoms with E-state index in [-0.39, 0.29) is 5.88 Å². The number of furan rings is 1. The summed E-state index contributed by atoms with van der Waals surface area (Å²) in [7, 11) is 0. The zero-order chi connectivity index (χ0) is 12.0. The lowest BCUT2D eigenvalue weighted by molar-refractivity contribution is -0.402. The van der Waals surface area contributed by atoms with Gasteiger partial charge in [-0.05, 0) is 29.8 Å². The molecule has 0 radical (unpaired) electrons. The first kappa shape index (κ1) is 9.84. The molecule has 0 aliphatic carbocycles. The molecule has 0 bridgehead atoms. The van der Waals surface area contributed by atoms with Crippen LogP contribution in [0.1, 0.15) is 5.56 Å². The van der Waals surface area contributed by atoms with Crippen LogP contribution in [0.25, 0.3) is 21.7 Å². The van der Waals surface area contributed by atoms with Crippen molar-refractivity contribution in [1.29, 1.82) is 0 Å². The average molecular weight is 227 g/mol. The molecule has 0 N–H and O–H groups in total. The Kier molecular flexibility index (Phi) is 1.92. The number of hydrogen-bond acceptors (Lipinski definition) is 3. The van der Waals surface area contributed by atoms with Crippen molar-refractivity contribution in [1.82, 2.24) is 0 Å². The van der Waals surface area contributed by atoms with Gasteiger partial charge in [0.05, 0.1) is 5.56 Å². The second-order valence-electron chi connectivity index (χ2n) is 3.98. The Bertz CT molecular complexity index is 743. The molecular weight excluding hydrogens is 218 g/mol. The van der Waals surface area contributed by atoms with E-state index in [0.29, 0.717) is 11.1 Å². The summed E-state index contributed by atoms with van der Waals surface area (Å²) in [6, 6.07) is 11.6. The first-order valence-corrected chi connectivity index (χ1v) is 5.23. The molecule has 3 rings (SSSR count). The molecule has 17 heavy (non-hydrogen) atoms. The molecule has 0 amide bonds. The third-order valence-corrected chi connectivity index (χ3v) is 2.95. The summed E-state index contributed by atoms with van der Waals surface area (Å²) >= 11 is 0. The molecule has 0 spiro atoms. The van der Waals surface area contributed by atoms with E-state index in [0.717, 1.165) is 16.2 Å². The normalized spacial score (nSPS) is 11.1. The molecule has 0 fully saturated rings. The van der Waals surface area contributed by atoms with Gasteiger partial charge >= 0.3 is 5.88 Å². The minimum absolute atomic E-state index is 0.171. The van der Waals surface area contributed by atoms with Crippen molar-refractivity contribution in [3.05, 3.63) is 52.1 Å². The second-order valence-corrected chi connectivity index (χ2v) is 3.98. The van der Waals surface area contributed by atoms with Crippen LogP contribution in [-0.2, 0) is 0 Å². The first-order chi connectivity index (χ1) is 8.16. The van der Waals surface area contributed by atoms with Gasteiger partial charge in [0.15, 0.2) is 0 Å². The van der Waals surface area contributed by atoms with Gasteiger partial charge in [0.25, 0.3) is 0 Å². The fourth-order valence-electron chi connectivity index (χ4n) is 2.07. The van der Waals surface area contributed by atoms with Crippen molar-refractivity contribution in [3.8, 4) is 0 Å². The smallest absolute Gasteiger partial charge is 0.400 e. The Balaban J connectivity index is 2.44. The van der Waals surface area contributed by atoms with Crippen LogP contribution in [0.3, 0.4) is 0 Å². The van der Waals surface area contributed by atoms with E-state index in [1.165, 1.54) is 0 Å². The van der Waals surface area contributed by atoms with Crippen LogP contribution in [-0.4, -0.2) is 4.92 Å². The van der Waals surface area contributed by atoms with Crippen molar-refractivity contribution in [2.75, 3.05) is 0 Å². The zero-order valence-electron chi connectivity index (χ0n) is 9.14. The minimum Gasteiger partial charge on any atom is -0.400 e. The molecule has 0 saturated carbocycles. The highest BCUT2D eigenvalue weighted by Gasteiger charge is 2.20. The van der Waals surface area contributed by atoms with Gasteiger partial charge in [-0.2, -0.15) is 0 Å². The summed E-state index contributed by atoms with van der Waals surface area (Å²) in [6.07, 6.45) is 0. The zero-order valence-corrected chi connectivity index (χ0v) is 9.14. The largest absolute Gasteiger partial charge is 0.437 e. The van der Waals surface area contributed by atoms with Crippen molar-refractivity contribution in [2.45, 2.75) is 6.92 Å². The van der Waals surface area contributed by atoms with Gasteiger partial charge in [0.2, 0.25) is 0 Å². The van der Waals surface area contributed by atoms with E-state index in [9.17, 15) is 10.1 Å². The maximum Gasteiger partial charge on any atom is 0.437 e. The van der Waals surface area contributed by atoms with Crippen LogP contribution in [0.4, 0.5) is 5.88 Å². The quantitative estimate of drug-likeness (QED) is 0.469. The van der Waals surface area contributed by atoms with Gasteiger partial charge in [0.1, 0.15) is 10.5 Å². The van der Waals surface area contributed by atoms with Crippen LogP contribution in [0.5, 0.6) is 0 Å². The molecule has 1 aromatic heterocycles. The lowest BCUT2D eigenvalue weighted by Crippen LogP contribution is -1.86. The van der Waals surface area contributed by atoms with Gasteiger partial charge in [0, 0.05) is 5.39 Å². The van der Waals surface area contributed by atoms with Crippen molar-refractivity contribution in [2.24, 2.45) is 0 Å². The summed E-state index contributed by atoms with van der Waals surface area (Å²) < 4.78 is 5.27. The monoisotopic (exact) mass is 227 g/mol. The van der Waals surface area contributed by atoms with Gasteiger partial charge in [-0.3, -0.25) is 10.1 Å². The molecule has 0 aliphatic rings. The lowest BCUT2D eigenvalue weighted by Gasteiger charge is -1.96. The molecule has 1 heterocycles. The number of hydrogen-bond donors (Lipinski definition) is 0. The maximum absolute atomic E-state index is 10.8. The fourth-order valence-corrected chi connectivity index (χ4v) is 2.07. The topological polar surface area (TPSA) is 56.3 Å². The van der Waals surface area contributed by atoms with Gasteiger partial charge in [-0.25, -0.2) is 0 Å². The van der Waals surface area contributed by atoms with Gasteiger partial charge in [-0.1, -0.05) is 24.3 Å². The molecule has 0 saturated heterocycles. The molecule has 4 heteroatoms. The number of fused-ring (bicyclic) bond motifs is 2. The average Bonchev–Trinajstić information content (AvgIpc) is 2.64. The van der Waals surface area contributed by atoms with E-state index in [4.69, 9.17) is 4.42 Å². The van der Waals surface area contributed by atoms with E-state index < -0.39 is 4.92 Å². The molecule has 0 unspecified atom stereocenters. The predicted octanol–water partition coefficient (Wildman–Crippen LogP) is 3.80. The summed E-state index contributed by atoms with van der Waals surface area (Å²) in [6.45, 7) is 1.71. The number of rotatable bonds is 1. The SMILES string of the molecule is Cc1c([N+](=O)[O-])oc2cc3ccccc3cc12. The Hall–Kier alpha value is -2.36. The van der Waals surface area contributed by atoms with Crippen LogP contribution in [0, 0.1) is 17.0 Å². The molecule has 84 valence electrons. The highest BCUT2D eigenvalue weighted by atomic mass is 16.6. The van der Waals surface area contributed by atoms with Crippen LogP contribution in [0.15, 0.2) is 40.8 Å². The molecule has 2 aromatic carbocycles. The number of benzene rings is 2.